The number of fused-ring (bicyclic) bond motifs is 3. The molecule has 0 aliphatic heterocycles. The highest BCUT2D eigenvalue weighted by atomic mass is 16.5. The molecule has 3 aromatic heterocycles. The van der Waals surface area contributed by atoms with Crippen molar-refractivity contribution in [1.29, 1.82) is 0 Å². The van der Waals surface area contributed by atoms with E-state index in [0.29, 0.717) is 11.8 Å². The fourth-order valence-corrected chi connectivity index (χ4v) is 7.04. The number of hydrogen-bond donors (Lipinski definition) is 0. The third-order valence-corrected chi connectivity index (χ3v) is 9.23. The van der Waals surface area contributed by atoms with E-state index in [1.807, 2.05) is 41.3 Å². The summed E-state index contributed by atoms with van der Waals surface area (Å²) in [6.07, 6.45) is 6.05. The zero-order chi connectivity index (χ0) is 33.7. The minimum Gasteiger partial charge on any atom is -0.457 e. The first kappa shape index (κ1) is 31.4. The summed E-state index contributed by atoms with van der Waals surface area (Å²) in [6, 6.07) is 31.7. The van der Waals surface area contributed by atoms with Gasteiger partial charge >= 0.3 is 0 Å². The molecule has 0 bridgehead atoms. The zero-order valence-corrected chi connectivity index (χ0v) is 29.2. The third kappa shape index (κ3) is 5.68. The molecule has 5 heteroatoms. The monoisotopic (exact) mass is 632 g/mol. The Hall–Kier alpha value is -5.16. The van der Waals surface area contributed by atoms with Crippen molar-refractivity contribution < 1.29 is 4.74 Å². The summed E-state index contributed by atoms with van der Waals surface area (Å²) < 4.78 is 10.7. The quantitative estimate of drug-likeness (QED) is 0.176. The van der Waals surface area contributed by atoms with Crippen LogP contribution < -0.4 is 4.74 Å². The molecule has 0 N–H and O–H groups in total. The van der Waals surface area contributed by atoms with Gasteiger partial charge in [0, 0.05) is 40.9 Å². The highest BCUT2D eigenvalue weighted by molar-refractivity contribution is 6.09. The van der Waals surface area contributed by atoms with Gasteiger partial charge in [-0.3, -0.25) is 4.57 Å². The van der Waals surface area contributed by atoms with Crippen LogP contribution in [0.3, 0.4) is 0 Å². The van der Waals surface area contributed by atoms with Gasteiger partial charge in [0.25, 0.3) is 0 Å². The van der Waals surface area contributed by atoms with Crippen LogP contribution in [0.1, 0.15) is 82.6 Å². The number of aromatic nitrogens is 4. The number of pyridine rings is 1. The first-order valence-electron chi connectivity index (χ1n) is 17.0. The minimum atomic E-state index is -0.0160. The van der Waals surface area contributed by atoms with Gasteiger partial charge in [-0.25, -0.2) is 9.67 Å². The van der Waals surface area contributed by atoms with Crippen LogP contribution in [0.2, 0.25) is 0 Å². The second kappa shape index (κ2) is 12.1. The Labute approximate surface area is 283 Å². The predicted octanol–water partition coefficient (Wildman–Crippen LogP) is 11.7. The number of rotatable bonds is 7. The Balaban J connectivity index is 1.27. The standard InChI is InChI=1S/C43H44N4O/c1-27(2)34-18-19-35(28(3)4)42(43(6,7)8)41(34)30-25-45-46(26-30)31-12-11-13-32(23-31)48-33-16-17-37-36-14-9-10-15-38(36)47(39(37)24-33)40-22-29(5)20-21-44-40/h9-28H,1-8H3. The second-order valence-corrected chi connectivity index (χ2v) is 14.5. The molecule has 0 unspecified atom stereocenters. The van der Waals surface area contributed by atoms with Gasteiger partial charge in [0.15, 0.2) is 0 Å². The Morgan fingerprint density at radius 1 is 0.708 bits per heavy atom. The maximum Gasteiger partial charge on any atom is 0.137 e. The number of aryl methyl sites for hydroxylation is 1. The van der Waals surface area contributed by atoms with Gasteiger partial charge in [-0.2, -0.15) is 5.10 Å². The second-order valence-electron chi connectivity index (χ2n) is 14.5. The van der Waals surface area contributed by atoms with Gasteiger partial charge in [-0.1, -0.05) is 84.9 Å². The Bertz CT molecular complexity index is 2280. The molecule has 0 radical (unpaired) electrons. The molecule has 7 rings (SSSR count). The highest BCUT2D eigenvalue weighted by Gasteiger charge is 2.27. The largest absolute Gasteiger partial charge is 0.457 e. The molecule has 3 heterocycles. The molecule has 242 valence electrons. The van der Waals surface area contributed by atoms with Crippen LogP contribution in [0.15, 0.2) is 110 Å². The summed E-state index contributed by atoms with van der Waals surface area (Å²) in [5.41, 5.74) is 10.9. The smallest absolute Gasteiger partial charge is 0.137 e. The van der Waals surface area contributed by atoms with Crippen molar-refractivity contribution in [3.8, 4) is 34.1 Å². The topological polar surface area (TPSA) is 44.9 Å². The molecule has 48 heavy (non-hydrogen) atoms. The van der Waals surface area contributed by atoms with Gasteiger partial charge in [0.1, 0.15) is 17.3 Å². The van der Waals surface area contributed by atoms with Crippen molar-refractivity contribution in [3.05, 3.63) is 132 Å². The van der Waals surface area contributed by atoms with Crippen molar-refractivity contribution in [2.75, 3.05) is 0 Å². The van der Waals surface area contributed by atoms with Crippen molar-refractivity contribution >= 4 is 21.8 Å². The average Bonchev–Trinajstić information content (AvgIpc) is 3.67. The summed E-state index contributed by atoms with van der Waals surface area (Å²) in [4.78, 5) is 4.72. The van der Waals surface area contributed by atoms with Gasteiger partial charge < -0.3 is 4.74 Å². The maximum atomic E-state index is 6.53. The molecular weight excluding hydrogens is 589 g/mol. The van der Waals surface area contributed by atoms with Gasteiger partial charge in [-0.15, -0.1) is 0 Å². The molecule has 0 amide bonds. The van der Waals surface area contributed by atoms with Crippen molar-refractivity contribution in [3.63, 3.8) is 0 Å². The lowest BCUT2D eigenvalue weighted by atomic mass is 9.74. The molecular formula is C43H44N4O. The van der Waals surface area contributed by atoms with E-state index in [1.54, 1.807) is 0 Å². The van der Waals surface area contributed by atoms with E-state index in [9.17, 15) is 0 Å². The molecule has 0 saturated heterocycles. The SMILES string of the molecule is Cc1ccnc(-n2c3ccccc3c3ccc(Oc4cccc(-n5cc(-c6c(C(C)C)ccc(C(C)C)c6C(C)(C)C)cn5)c4)cc32)c1. The van der Waals surface area contributed by atoms with Crippen LogP contribution in [-0.2, 0) is 5.41 Å². The molecule has 0 fully saturated rings. The van der Waals surface area contributed by atoms with Crippen LogP contribution in [0.25, 0.3) is 44.4 Å². The fraction of sp³-hybridized carbons (Fsp3) is 0.256. The summed E-state index contributed by atoms with van der Waals surface area (Å²) in [6.45, 7) is 18.2. The Morgan fingerprint density at radius 3 is 2.19 bits per heavy atom. The van der Waals surface area contributed by atoms with E-state index in [1.165, 1.54) is 33.2 Å². The number of para-hydroxylation sites is 1. The molecule has 0 saturated carbocycles. The van der Waals surface area contributed by atoms with Crippen LogP contribution >= 0.6 is 0 Å². The summed E-state index contributed by atoms with van der Waals surface area (Å²) in [5, 5.41) is 7.23. The van der Waals surface area contributed by atoms with E-state index < -0.39 is 0 Å². The number of nitrogens with zero attached hydrogens (tertiary/aromatic N) is 4. The lowest BCUT2D eigenvalue weighted by Crippen LogP contribution is -2.18. The minimum absolute atomic E-state index is 0.0160. The molecule has 4 aromatic carbocycles. The highest BCUT2D eigenvalue weighted by Crippen LogP contribution is 2.43. The van der Waals surface area contributed by atoms with Crippen LogP contribution in [0, 0.1) is 6.92 Å². The molecule has 0 atom stereocenters. The normalized spacial score (nSPS) is 12.1. The molecule has 0 spiro atoms. The first-order valence-corrected chi connectivity index (χ1v) is 17.0. The predicted molar refractivity (Wildman–Crippen MR) is 199 cm³/mol. The summed E-state index contributed by atoms with van der Waals surface area (Å²) in [5.74, 6) is 3.22. The van der Waals surface area contributed by atoms with E-state index in [0.717, 1.165) is 45.0 Å². The summed E-state index contributed by atoms with van der Waals surface area (Å²) >= 11 is 0. The van der Waals surface area contributed by atoms with Crippen LogP contribution in [0.5, 0.6) is 11.5 Å². The lowest BCUT2D eigenvalue weighted by Gasteiger charge is -2.30. The van der Waals surface area contributed by atoms with Gasteiger partial charge in [0.2, 0.25) is 0 Å². The van der Waals surface area contributed by atoms with Crippen molar-refractivity contribution in [1.82, 2.24) is 19.3 Å². The van der Waals surface area contributed by atoms with E-state index in [2.05, 4.69) is 133 Å². The Morgan fingerprint density at radius 2 is 1.44 bits per heavy atom. The number of hydrogen-bond acceptors (Lipinski definition) is 3. The average molecular weight is 633 g/mol. The number of ether oxygens (including phenoxy) is 1. The molecule has 7 aromatic rings. The van der Waals surface area contributed by atoms with Crippen LogP contribution in [0.4, 0.5) is 0 Å². The molecule has 0 aliphatic rings. The van der Waals surface area contributed by atoms with E-state index >= 15 is 0 Å². The Kier molecular flexibility index (Phi) is 7.95. The first-order chi connectivity index (χ1) is 23.0. The van der Waals surface area contributed by atoms with E-state index in [4.69, 9.17) is 14.8 Å². The van der Waals surface area contributed by atoms with Crippen molar-refractivity contribution in [2.45, 2.75) is 72.6 Å². The van der Waals surface area contributed by atoms with E-state index in [-0.39, 0.29) is 5.41 Å². The molecule has 0 aliphatic carbocycles. The van der Waals surface area contributed by atoms with Crippen LogP contribution in [-0.4, -0.2) is 19.3 Å². The summed E-state index contributed by atoms with van der Waals surface area (Å²) in [7, 11) is 0. The lowest BCUT2D eigenvalue weighted by molar-refractivity contribution is 0.483. The zero-order valence-electron chi connectivity index (χ0n) is 29.2. The number of benzene rings is 4. The van der Waals surface area contributed by atoms with Gasteiger partial charge in [-0.05, 0) is 94.5 Å². The fourth-order valence-electron chi connectivity index (χ4n) is 7.04. The van der Waals surface area contributed by atoms with Gasteiger partial charge in [0.05, 0.1) is 22.9 Å². The third-order valence-electron chi connectivity index (χ3n) is 9.23. The molecule has 5 nitrogen and oxygen atoms in total. The van der Waals surface area contributed by atoms with Crippen molar-refractivity contribution in [2.24, 2.45) is 0 Å². The maximum absolute atomic E-state index is 6.53.